The highest BCUT2D eigenvalue weighted by Crippen LogP contribution is 2.31. The van der Waals surface area contributed by atoms with Crippen LogP contribution in [0.3, 0.4) is 0 Å². The van der Waals surface area contributed by atoms with Crippen molar-refractivity contribution in [2.45, 2.75) is 40.2 Å². The summed E-state index contributed by atoms with van der Waals surface area (Å²) in [6, 6.07) is 13.8. The van der Waals surface area contributed by atoms with Gasteiger partial charge in [0, 0.05) is 5.56 Å². The second-order valence-electron chi connectivity index (χ2n) is 6.65. The van der Waals surface area contributed by atoms with E-state index in [4.69, 9.17) is 4.74 Å². The predicted octanol–water partition coefficient (Wildman–Crippen LogP) is 5.37. The Morgan fingerprint density at radius 1 is 1.22 bits per heavy atom. The Hall–Kier alpha value is -2.53. The Morgan fingerprint density at radius 3 is 2.74 bits per heavy atom. The van der Waals surface area contributed by atoms with Gasteiger partial charge in [0.2, 0.25) is 0 Å². The summed E-state index contributed by atoms with van der Waals surface area (Å²) in [5, 5.41) is 3.45. The van der Waals surface area contributed by atoms with Gasteiger partial charge in [0.25, 0.3) is 5.91 Å². The van der Waals surface area contributed by atoms with Crippen LogP contribution < -0.4 is 10.1 Å². The number of aliphatic imine (C=N–C) groups is 1. The first kappa shape index (κ1) is 19.2. The molecule has 2 aromatic carbocycles. The van der Waals surface area contributed by atoms with E-state index in [1.54, 1.807) is 0 Å². The molecule has 0 radical (unpaired) electrons. The maximum absolute atomic E-state index is 12.4. The standard InChI is InChI=1S/C22H24N2O2S/c1-5-16(4)26-19-9-7-6-8-17(19)13-20-21(25)24-22(27-20)23-18-11-10-14(2)12-15(18)3/h6-13,16H,5H2,1-4H3,(H,23,24,25)/b20-13-/t16-/m1/s1. The molecule has 1 N–H and O–H groups in total. The number of thioether (sulfide) groups is 1. The van der Waals surface area contributed by atoms with Gasteiger partial charge in [-0.25, -0.2) is 4.99 Å². The summed E-state index contributed by atoms with van der Waals surface area (Å²) in [5.74, 6) is 0.648. The minimum atomic E-state index is -0.137. The van der Waals surface area contributed by atoms with E-state index >= 15 is 0 Å². The molecule has 4 nitrogen and oxygen atoms in total. The number of nitrogens with zero attached hydrogens (tertiary/aromatic N) is 1. The molecular formula is C22H24N2O2S. The average molecular weight is 381 g/mol. The number of hydrogen-bond acceptors (Lipinski definition) is 4. The number of aryl methyl sites for hydroxylation is 2. The minimum Gasteiger partial charge on any atom is -0.490 e. The highest BCUT2D eigenvalue weighted by Gasteiger charge is 2.24. The highest BCUT2D eigenvalue weighted by atomic mass is 32.2. The van der Waals surface area contributed by atoms with Gasteiger partial charge in [0.05, 0.1) is 16.7 Å². The molecule has 1 fully saturated rings. The molecule has 1 amide bonds. The van der Waals surface area contributed by atoms with E-state index in [0.29, 0.717) is 10.1 Å². The molecule has 0 bridgehead atoms. The van der Waals surface area contributed by atoms with E-state index in [9.17, 15) is 4.79 Å². The van der Waals surface area contributed by atoms with Gasteiger partial charge < -0.3 is 10.1 Å². The maximum Gasteiger partial charge on any atom is 0.264 e. The van der Waals surface area contributed by atoms with Gasteiger partial charge in [0.1, 0.15) is 5.75 Å². The summed E-state index contributed by atoms with van der Waals surface area (Å²) in [6.45, 7) is 8.19. The zero-order valence-electron chi connectivity index (χ0n) is 16.1. The Morgan fingerprint density at radius 2 is 2.00 bits per heavy atom. The number of para-hydroxylation sites is 1. The fourth-order valence-electron chi connectivity index (χ4n) is 2.67. The average Bonchev–Trinajstić information content (AvgIpc) is 2.98. The lowest BCUT2D eigenvalue weighted by atomic mass is 10.1. The Balaban J connectivity index is 1.85. The number of rotatable bonds is 5. The summed E-state index contributed by atoms with van der Waals surface area (Å²) >= 11 is 1.35. The van der Waals surface area contributed by atoms with E-state index in [1.165, 1.54) is 17.3 Å². The van der Waals surface area contributed by atoms with E-state index in [0.717, 1.165) is 29.0 Å². The van der Waals surface area contributed by atoms with Gasteiger partial charge in [-0.1, -0.05) is 42.8 Å². The van der Waals surface area contributed by atoms with Crippen molar-refractivity contribution in [3.63, 3.8) is 0 Å². The number of benzene rings is 2. The normalized spacial score (nSPS) is 18.0. The molecule has 0 spiro atoms. The Bertz CT molecular complexity index is 918. The van der Waals surface area contributed by atoms with Crippen molar-refractivity contribution in [3.05, 3.63) is 64.1 Å². The molecule has 27 heavy (non-hydrogen) atoms. The number of amides is 1. The van der Waals surface area contributed by atoms with Crippen LogP contribution in [0.1, 0.15) is 37.0 Å². The minimum absolute atomic E-state index is 0.122. The van der Waals surface area contributed by atoms with Gasteiger partial charge in [-0.05, 0) is 62.7 Å². The summed E-state index contributed by atoms with van der Waals surface area (Å²) in [7, 11) is 0. The van der Waals surface area contributed by atoms with E-state index in [-0.39, 0.29) is 12.0 Å². The van der Waals surface area contributed by atoms with Crippen LogP contribution in [0.25, 0.3) is 6.08 Å². The maximum atomic E-state index is 12.4. The topological polar surface area (TPSA) is 50.7 Å². The third-order valence-electron chi connectivity index (χ3n) is 4.33. The fraction of sp³-hybridized carbons (Fsp3) is 0.273. The van der Waals surface area contributed by atoms with Crippen molar-refractivity contribution in [1.82, 2.24) is 5.32 Å². The van der Waals surface area contributed by atoms with Crippen LogP contribution in [0, 0.1) is 13.8 Å². The first-order chi connectivity index (χ1) is 13.0. The first-order valence-corrected chi connectivity index (χ1v) is 9.90. The van der Waals surface area contributed by atoms with Crippen LogP contribution in [-0.4, -0.2) is 17.2 Å². The number of carbonyl (C=O) groups excluding carboxylic acids is 1. The Kier molecular flexibility index (Phi) is 6.01. The number of amidine groups is 1. The third-order valence-corrected chi connectivity index (χ3v) is 5.24. The molecule has 5 heteroatoms. The lowest BCUT2D eigenvalue weighted by Gasteiger charge is -2.14. The van der Waals surface area contributed by atoms with Crippen molar-refractivity contribution in [2.24, 2.45) is 4.99 Å². The van der Waals surface area contributed by atoms with E-state index in [2.05, 4.69) is 30.2 Å². The molecule has 140 valence electrons. The third kappa shape index (κ3) is 4.80. The second kappa shape index (κ2) is 8.44. The van der Waals surface area contributed by atoms with Crippen LogP contribution in [0.5, 0.6) is 5.75 Å². The molecule has 3 rings (SSSR count). The van der Waals surface area contributed by atoms with Crippen LogP contribution in [0.2, 0.25) is 0 Å². The predicted molar refractivity (Wildman–Crippen MR) is 114 cm³/mol. The van der Waals surface area contributed by atoms with Crippen LogP contribution in [0.15, 0.2) is 52.4 Å². The largest absolute Gasteiger partial charge is 0.490 e. The molecule has 0 unspecified atom stereocenters. The van der Waals surface area contributed by atoms with Gasteiger partial charge in [-0.15, -0.1) is 0 Å². The van der Waals surface area contributed by atoms with Gasteiger partial charge in [-0.2, -0.15) is 0 Å². The molecule has 1 atom stereocenters. The lowest BCUT2D eigenvalue weighted by molar-refractivity contribution is -0.115. The SMILES string of the molecule is CC[C@@H](C)Oc1ccccc1/C=C1\SC(=Nc2ccc(C)cc2C)NC1=O. The summed E-state index contributed by atoms with van der Waals surface area (Å²) < 4.78 is 5.97. The molecule has 0 aromatic heterocycles. The van der Waals surface area contributed by atoms with Gasteiger partial charge >= 0.3 is 0 Å². The van der Waals surface area contributed by atoms with E-state index in [1.807, 2.05) is 56.3 Å². The molecule has 2 aromatic rings. The smallest absolute Gasteiger partial charge is 0.264 e. The van der Waals surface area contributed by atoms with Crippen LogP contribution in [-0.2, 0) is 4.79 Å². The zero-order valence-corrected chi connectivity index (χ0v) is 16.9. The van der Waals surface area contributed by atoms with Crippen molar-refractivity contribution < 1.29 is 9.53 Å². The van der Waals surface area contributed by atoms with Crippen molar-refractivity contribution in [3.8, 4) is 5.75 Å². The highest BCUT2D eigenvalue weighted by molar-refractivity contribution is 8.18. The number of ether oxygens (including phenoxy) is 1. The number of nitrogens with one attached hydrogen (secondary N) is 1. The van der Waals surface area contributed by atoms with Crippen LogP contribution in [0.4, 0.5) is 5.69 Å². The molecule has 1 heterocycles. The monoisotopic (exact) mass is 380 g/mol. The van der Waals surface area contributed by atoms with Gasteiger partial charge in [0.15, 0.2) is 5.17 Å². The molecule has 0 aliphatic carbocycles. The van der Waals surface area contributed by atoms with Crippen molar-refractivity contribution in [1.29, 1.82) is 0 Å². The van der Waals surface area contributed by atoms with Crippen molar-refractivity contribution in [2.75, 3.05) is 0 Å². The Labute approximate surface area is 164 Å². The summed E-state index contributed by atoms with van der Waals surface area (Å²) in [6.07, 6.45) is 2.91. The van der Waals surface area contributed by atoms with Crippen molar-refractivity contribution >= 4 is 34.6 Å². The lowest BCUT2D eigenvalue weighted by Crippen LogP contribution is -2.19. The first-order valence-electron chi connectivity index (χ1n) is 9.08. The molecule has 1 aliphatic heterocycles. The quantitative estimate of drug-likeness (QED) is 0.709. The summed E-state index contributed by atoms with van der Waals surface area (Å²) in [4.78, 5) is 17.6. The number of hydrogen-bond donors (Lipinski definition) is 1. The molecule has 0 saturated carbocycles. The zero-order chi connectivity index (χ0) is 19.4. The number of carbonyl (C=O) groups is 1. The van der Waals surface area contributed by atoms with Crippen LogP contribution >= 0.6 is 11.8 Å². The molecule has 1 aliphatic rings. The summed E-state index contributed by atoms with van der Waals surface area (Å²) in [5.41, 5.74) is 4.04. The van der Waals surface area contributed by atoms with E-state index < -0.39 is 0 Å². The molecule has 1 saturated heterocycles. The molecular weight excluding hydrogens is 356 g/mol. The van der Waals surface area contributed by atoms with Gasteiger partial charge in [-0.3, -0.25) is 4.79 Å². The fourth-order valence-corrected chi connectivity index (χ4v) is 3.49. The second-order valence-corrected chi connectivity index (χ2v) is 7.68.